The Hall–Kier alpha value is -1.36. The average Bonchev–Trinajstić information content (AvgIpc) is 2.79. The number of carbonyl (C=O) groups is 1. The summed E-state index contributed by atoms with van der Waals surface area (Å²) in [5.74, 6) is 0.196. The van der Waals surface area contributed by atoms with Crippen LogP contribution < -0.4 is 0 Å². The van der Waals surface area contributed by atoms with Crippen LogP contribution in [0.5, 0.6) is 0 Å². The number of amides is 1. The topological polar surface area (TPSA) is 54.5 Å². The molecule has 0 saturated carbocycles. The van der Waals surface area contributed by atoms with Crippen molar-refractivity contribution in [1.29, 1.82) is 0 Å². The molecule has 1 heterocycles. The highest BCUT2D eigenvalue weighted by molar-refractivity contribution is 7.91. The molecule has 1 aromatic rings. The molecule has 1 aromatic carbocycles. The number of rotatable bonds is 3. The molecule has 0 aliphatic carbocycles. The van der Waals surface area contributed by atoms with Crippen molar-refractivity contribution in [2.24, 2.45) is 0 Å². The summed E-state index contributed by atoms with van der Waals surface area (Å²) in [5, 5.41) is 0. The minimum atomic E-state index is -2.99. The molecule has 122 valence electrons. The fourth-order valence-electron chi connectivity index (χ4n) is 2.87. The Balaban J connectivity index is 2.19. The second-order valence-corrected chi connectivity index (χ2v) is 9.20. The van der Waals surface area contributed by atoms with E-state index in [1.807, 2.05) is 31.2 Å². The van der Waals surface area contributed by atoms with E-state index in [4.69, 9.17) is 0 Å². The first-order valence-corrected chi connectivity index (χ1v) is 9.58. The van der Waals surface area contributed by atoms with Crippen molar-refractivity contribution in [3.8, 4) is 0 Å². The van der Waals surface area contributed by atoms with Gasteiger partial charge in [0.25, 0.3) is 5.91 Å². The average molecular weight is 323 g/mol. The molecule has 1 aliphatic heterocycles. The van der Waals surface area contributed by atoms with E-state index in [2.05, 4.69) is 20.8 Å². The molecule has 1 saturated heterocycles. The van der Waals surface area contributed by atoms with Crippen LogP contribution in [0, 0.1) is 0 Å². The quantitative estimate of drug-likeness (QED) is 0.859. The van der Waals surface area contributed by atoms with Gasteiger partial charge in [-0.3, -0.25) is 4.79 Å². The van der Waals surface area contributed by atoms with Gasteiger partial charge in [0.1, 0.15) is 0 Å². The maximum atomic E-state index is 12.7. The van der Waals surface area contributed by atoms with Gasteiger partial charge in [-0.05, 0) is 36.5 Å². The highest BCUT2D eigenvalue weighted by Crippen LogP contribution is 2.24. The zero-order valence-corrected chi connectivity index (χ0v) is 14.6. The van der Waals surface area contributed by atoms with Gasteiger partial charge in [-0.15, -0.1) is 0 Å². The zero-order valence-electron chi connectivity index (χ0n) is 13.8. The highest BCUT2D eigenvalue weighted by Gasteiger charge is 2.34. The minimum absolute atomic E-state index is 0.0472. The predicted molar refractivity (Wildman–Crippen MR) is 88.9 cm³/mol. The Labute approximate surface area is 133 Å². The summed E-state index contributed by atoms with van der Waals surface area (Å²) < 4.78 is 23.3. The van der Waals surface area contributed by atoms with E-state index in [0.29, 0.717) is 18.5 Å². The van der Waals surface area contributed by atoms with Gasteiger partial charge in [0.05, 0.1) is 11.5 Å². The van der Waals surface area contributed by atoms with Crippen molar-refractivity contribution < 1.29 is 13.2 Å². The van der Waals surface area contributed by atoms with Crippen molar-refractivity contribution in [2.75, 3.05) is 18.1 Å². The Kier molecular flexibility index (Phi) is 4.66. The molecular weight excluding hydrogens is 298 g/mol. The third-order valence-electron chi connectivity index (χ3n) is 4.25. The van der Waals surface area contributed by atoms with Gasteiger partial charge in [0.15, 0.2) is 9.84 Å². The van der Waals surface area contributed by atoms with Crippen molar-refractivity contribution in [3.05, 3.63) is 35.4 Å². The molecule has 0 radical (unpaired) electrons. The van der Waals surface area contributed by atoms with Gasteiger partial charge in [0.2, 0.25) is 0 Å². The summed E-state index contributed by atoms with van der Waals surface area (Å²) in [4.78, 5) is 14.4. The van der Waals surface area contributed by atoms with Crippen LogP contribution in [-0.4, -0.2) is 43.3 Å². The lowest BCUT2D eigenvalue weighted by Gasteiger charge is -2.27. The van der Waals surface area contributed by atoms with Gasteiger partial charge >= 0.3 is 0 Å². The Morgan fingerprint density at radius 3 is 2.23 bits per heavy atom. The van der Waals surface area contributed by atoms with Crippen LogP contribution in [0.1, 0.15) is 50.0 Å². The van der Waals surface area contributed by atoms with Crippen LogP contribution in [0.4, 0.5) is 0 Å². The molecule has 4 nitrogen and oxygen atoms in total. The van der Waals surface area contributed by atoms with Crippen molar-refractivity contribution in [1.82, 2.24) is 4.90 Å². The second kappa shape index (κ2) is 6.03. The zero-order chi connectivity index (χ0) is 16.5. The van der Waals surface area contributed by atoms with Gasteiger partial charge in [-0.1, -0.05) is 32.9 Å². The van der Waals surface area contributed by atoms with Crippen LogP contribution in [-0.2, 0) is 15.3 Å². The molecular formula is C17H25NO3S. The predicted octanol–water partition coefficient (Wildman–Crippen LogP) is 2.63. The Morgan fingerprint density at radius 2 is 1.82 bits per heavy atom. The van der Waals surface area contributed by atoms with Gasteiger partial charge in [-0.25, -0.2) is 8.42 Å². The standard InChI is InChI=1S/C17H25NO3S/c1-5-18(15-10-11-22(20,21)12-15)16(19)13-6-8-14(9-7-13)17(2,3)4/h6-9,15H,5,10-12H2,1-4H3/t15-/m0/s1. The maximum absolute atomic E-state index is 12.7. The van der Waals surface area contributed by atoms with Crippen molar-refractivity contribution >= 4 is 15.7 Å². The second-order valence-electron chi connectivity index (χ2n) is 6.98. The molecule has 0 bridgehead atoms. The third-order valence-corrected chi connectivity index (χ3v) is 6.00. The summed E-state index contributed by atoms with van der Waals surface area (Å²) in [7, 11) is -2.99. The summed E-state index contributed by atoms with van der Waals surface area (Å²) in [6.07, 6.45) is 0.544. The first-order valence-electron chi connectivity index (χ1n) is 7.76. The van der Waals surface area contributed by atoms with Crippen LogP contribution in [0.15, 0.2) is 24.3 Å². The summed E-state index contributed by atoms with van der Waals surface area (Å²) in [6, 6.07) is 7.45. The smallest absolute Gasteiger partial charge is 0.254 e. The number of hydrogen-bond acceptors (Lipinski definition) is 3. The van der Waals surface area contributed by atoms with Crippen LogP contribution >= 0.6 is 0 Å². The molecule has 2 rings (SSSR count). The molecule has 0 spiro atoms. The van der Waals surface area contributed by atoms with Crippen LogP contribution in [0.25, 0.3) is 0 Å². The van der Waals surface area contributed by atoms with E-state index in [1.165, 1.54) is 5.56 Å². The summed E-state index contributed by atoms with van der Waals surface area (Å²) in [6.45, 7) is 8.81. The molecule has 1 amide bonds. The van der Waals surface area contributed by atoms with E-state index < -0.39 is 9.84 Å². The van der Waals surface area contributed by atoms with E-state index in [-0.39, 0.29) is 28.9 Å². The number of carbonyl (C=O) groups excluding carboxylic acids is 1. The first-order chi connectivity index (χ1) is 10.1. The Morgan fingerprint density at radius 1 is 1.23 bits per heavy atom. The molecule has 0 unspecified atom stereocenters. The monoisotopic (exact) mass is 323 g/mol. The lowest BCUT2D eigenvalue weighted by Crippen LogP contribution is -2.41. The third kappa shape index (κ3) is 3.69. The molecule has 0 aromatic heterocycles. The minimum Gasteiger partial charge on any atom is -0.335 e. The lowest BCUT2D eigenvalue weighted by molar-refractivity contribution is 0.0708. The molecule has 1 atom stereocenters. The highest BCUT2D eigenvalue weighted by atomic mass is 32.2. The fourth-order valence-corrected chi connectivity index (χ4v) is 4.60. The number of sulfone groups is 1. The Bertz CT molecular complexity index is 641. The SMILES string of the molecule is CCN(C(=O)c1ccc(C(C)(C)C)cc1)[C@H]1CCS(=O)(=O)C1. The summed E-state index contributed by atoms with van der Waals surface area (Å²) in [5.41, 5.74) is 1.85. The van der Waals surface area contributed by atoms with Gasteiger partial charge < -0.3 is 4.90 Å². The lowest BCUT2D eigenvalue weighted by atomic mass is 9.86. The number of nitrogens with zero attached hydrogens (tertiary/aromatic N) is 1. The number of hydrogen-bond donors (Lipinski definition) is 0. The van der Waals surface area contributed by atoms with Gasteiger partial charge in [0, 0.05) is 18.2 Å². The molecule has 5 heteroatoms. The molecule has 1 aliphatic rings. The van der Waals surface area contributed by atoms with E-state index in [9.17, 15) is 13.2 Å². The fraction of sp³-hybridized carbons (Fsp3) is 0.588. The van der Waals surface area contributed by atoms with Gasteiger partial charge in [-0.2, -0.15) is 0 Å². The summed E-state index contributed by atoms with van der Waals surface area (Å²) >= 11 is 0. The first kappa shape index (κ1) is 17.0. The largest absolute Gasteiger partial charge is 0.335 e. The normalized spacial score (nSPS) is 20.8. The number of benzene rings is 1. The van der Waals surface area contributed by atoms with Crippen LogP contribution in [0.2, 0.25) is 0 Å². The van der Waals surface area contributed by atoms with E-state index in [0.717, 1.165) is 0 Å². The molecule has 1 fully saturated rings. The molecule has 0 N–H and O–H groups in total. The van der Waals surface area contributed by atoms with E-state index in [1.54, 1.807) is 4.90 Å². The van der Waals surface area contributed by atoms with Crippen molar-refractivity contribution in [3.63, 3.8) is 0 Å². The maximum Gasteiger partial charge on any atom is 0.254 e. The van der Waals surface area contributed by atoms with Crippen LogP contribution in [0.3, 0.4) is 0 Å². The molecule has 22 heavy (non-hydrogen) atoms. The van der Waals surface area contributed by atoms with Crippen molar-refractivity contribution in [2.45, 2.75) is 45.6 Å². The van der Waals surface area contributed by atoms with E-state index >= 15 is 0 Å².